The number of esters is 1. The Balaban J connectivity index is 1.67. The molecule has 3 rings (SSSR count). The number of ether oxygens (including phenoxy) is 1. The zero-order chi connectivity index (χ0) is 19.9. The topological polar surface area (TPSA) is 26.3 Å². The normalized spacial score (nSPS) is 19.4. The van der Waals surface area contributed by atoms with Crippen LogP contribution in [-0.2, 0) is 4.74 Å². The van der Waals surface area contributed by atoms with E-state index < -0.39 is 0 Å². The van der Waals surface area contributed by atoms with Crippen molar-refractivity contribution in [3.63, 3.8) is 0 Å². The van der Waals surface area contributed by atoms with Gasteiger partial charge in [0.25, 0.3) is 0 Å². The maximum atomic E-state index is 14.8. The first-order chi connectivity index (χ1) is 13.6. The molecule has 0 aromatic heterocycles. The third kappa shape index (κ3) is 5.01. The van der Waals surface area contributed by atoms with E-state index in [2.05, 4.69) is 13.0 Å². The lowest BCUT2D eigenvalue weighted by molar-refractivity contribution is 0.0526. The Morgan fingerprint density at radius 2 is 1.75 bits per heavy atom. The van der Waals surface area contributed by atoms with Crippen molar-refractivity contribution >= 4 is 5.97 Å². The van der Waals surface area contributed by atoms with Gasteiger partial charge in [-0.05, 0) is 73.8 Å². The van der Waals surface area contributed by atoms with Gasteiger partial charge in [0, 0.05) is 5.56 Å². The van der Waals surface area contributed by atoms with Gasteiger partial charge in [-0.2, -0.15) is 0 Å². The maximum Gasteiger partial charge on any atom is 0.338 e. The summed E-state index contributed by atoms with van der Waals surface area (Å²) in [5.74, 6) is 0.805. The van der Waals surface area contributed by atoms with Crippen molar-refractivity contribution in [1.82, 2.24) is 0 Å². The van der Waals surface area contributed by atoms with Crippen LogP contribution in [0.4, 0.5) is 4.39 Å². The van der Waals surface area contributed by atoms with Gasteiger partial charge >= 0.3 is 5.97 Å². The van der Waals surface area contributed by atoms with E-state index in [0.29, 0.717) is 23.7 Å². The predicted octanol–water partition coefficient (Wildman–Crippen LogP) is 7.13. The highest BCUT2D eigenvalue weighted by Crippen LogP contribution is 2.38. The van der Waals surface area contributed by atoms with Crippen LogP contribution < -0.4 is 0 Å². The summed E-state index contributed by atoms with van der Waals surface area (Å²) in [6, 6.07) is 12.6. The van der Waals surface area contributed by atoms with Crippen molar-refractivity contribution in [3.8, 4) is 11.1 Å². The van der Waals surface area contributed by atoms with Crippen molar-refractivity contribution in [2.45, 2.75) is 64.7 Å². The molecule has 150 valence electrons. The molecule has 0 atom stereocenters. The Kier molecular flexibility index (Phi) is 7.24. The Labute approximate surface area is 168 Å². The van der Waals surface area contributed by atoms with Crippen molar-refractivity contribution in [3.05, 3.63) is 59.4 Å². The van der Waals surface area contributed by atoms with Gasteiger partial charge in [-0.25, -0.2) is 9.18 Å². The molecule has 0 N–H and O–H groups in total. The van der Waals surface area contributed by atoms with Crippen LogP contribution in [0.3, 0.4) is 0 Å². The van der Waals surface area contributed by atoms with Crippen LogP contribution in [-0.4, -0.2) is 12.6 Å². The minimum Gasteiger partial charge on any atom is -0.462 e. The van der Waals surface area contributed by atoms with Gasteiger partial charge in [0.1, 0.15) is 5.82 Å². The zero-order valence-corrected chi connectivity index (χ0v) is 17.0. The minimum absolute atomic E-state index is 0.186. The van der Waals surface area contributed by atoms with E-state index in [4.69, 9.17) is 4.74 Å². The molecule has 2 aromatic rings. The second-order valence-electron chi connectivity index (χ2n) is 7.90. The standard InChI is InChI=1S/C25H31FO2/c1-3-5-6-18-7-9-19(10-8-18)22-15-16-23(24(26)17-22)20-11-13-21(14-12-20)25(27)28-4-2/h11-19H,3-10H2,1-2H3/t18-,19-. The highest BCUT2D eigenvalue weighted by atomic mass is 19.1. The summed E-state index contributed by atoms with van der Waals surface area (Å²) in [6.45, 7) is 4.37. The Hall–Kier alpha value is -2.16. The van der Waals surface area contributed by atoms with Gasteiger partial charge in [-0.15, -0.1) is 0 Å². The molecule has 0 aliphatic heterocycles. The van der Waals surface area contributed by atoms with E-state index in [-0.39, 0.29) is 11.8 Å². The SMILES string of the molecule is CCCC[C@H]1CC[C@H](c2ccc(-c3ccc(C(=O)OCC)cc3)c(F)c2)CC1. The monoisotopic (exact) mass is 382 g/mol. The average molecular weight is 383 g/mol. The number of hydrogen-bond acceptors (Lipinski definition) is 2. The third-order valence-electron chi connectivity index (χ3n) is 5.98. The van der Waals surface area contributed by atoms with Gasteiger partial charge in [0.15, 0.2) is 0 Å². The fourth-order valence-corrected chi connectivity index (χ4v) is 4.30. The van der Waals surface area contributed by atoms with Crippen LogP contribution in [0.1, 0.15) is 80.6 Å². The summed E-state index contributed by atoms with van der Waals surface area (Å²) in [4.78, 5) is 11.8. The number of benzene rings is 2. The quantitative estimate of drug-likeness (QED) is 0.476. The number of rotatable bonds is 7. The number of hydrogen-bond donors (Lipinski definition) is 0. The zero-order valence-electron chi connectivity index (χ0n) is 17.0. The molecule has 1 saturated carbocycles. The summed E-state index contributed by atoms with van der Waals surface area (Å²) < 4.78 is 19.8. The van der Waals surface area contributed by atoms with E-state index in [1.807, 2.05) is 6.07 Å². The van der Waals surface area contributed by atoms with E-state index >= 15 is 0 Å². The Morgan fingerprint density at radius 3 is 2.36 bits per heavy atom. The number of halogens is 1. The van der Waals surface area contributed by atoms with Crippen LogP contribution in [0.15, 0.2) is 42.5 Å². The summed E-state index contributed by atoms with van der Waals surface area (Å²) >= 11 is 0. The Bertz CT molecular complexity index is 774. The summed E-state index contributed by atoms with van der Waals surface area (Å²) in [7, 11) is 0. The van der Waals surface area contributed by atoms with E-state index in [0.717, 1.165) is 17.0 Å². The van der Waals surface area contributed by atoms with Crippen molar-refractivity contribution in [1.29, 1.82) is 0 Å². The molecule has 0 amide bonds. The number of unbranched alkanes of at least 4 members (excludes halogenated alkanes) is 1. The van der Waals surface area contributed by atoms with Gasteiger partial charge in [-0.1, -0.05) is 50.5 Å². The molecule has 0 heterocycles. The molecule has 0 radical (unpaired) electrons. The molecule has 1 fully saturated rings. The minimum atomic E-state index is -0.348. The molecular weight excluding hydrogens is 351 g/mol. The van der Waals surface area contributed by atoms with Crippen LogP contribution in [0.5, 0.6) is 0 Å². The first-order valence-corrected chi connectivity index (χ1v) is 10.7. The van der Waals surface area contributed by atoms with Crippen molar-refractivity contribution in [2.75, 3.05) is 6.61 Å². The largest absolute Gasteiger partial charge is 0.462 e. The van der Waals surface area contributed by atoms with Crippen LogP contribution >= 0.6 is 0 Å². The summed E-state index contributed by atoms with van der Waals surface area (Å²) in [6.07, 6.45) is 8.81. The molecule has 0 saturated heterocycles. The third-order valence-corrected chi connectivity index (χ3v) is 5.98. The lowest BCUT2D eigenvalue weighted by Crippen LogP contribution is -2.13. The smallest absolute Gasteiger partial charge is 0.338 e. The maximum absolute atomic E-state index is 14.8. The van der Waals surface area contributed by atoms with E-state index in [1.165, 1.54) is 44.9 Å². The van der Waals surface area contributed by atoms with Gasteiger partial charge in [0.2, 0.25) is 0 Å². The molecular formula is C25H31FO2. The van der Waals surface area contributed by atoms with Crippen LogP contribution in [0.2, 0.25) is 0 Å². The van der Waals surface area contributed by atoms with Gasteiger partial charge in [0.05, 0.1) is 12.2 Å². The van der Waals surface area contributed by atoms with Crippen LogP contribution in [0.25, 0.3) is 11.1 Å². The van der Waals surface area contributed by atoms with E-state index in [9.17, 15) is 9.18 Å². The second-order valence-corrected chi connectivity index (χ2v) is 7.90. The fourth-order valence-electron chi connectivity index (χ4n) is 4.30. The molecule has 1 aliphatic carbocycles. The van der Waals surface area contributed by atoms with Gasteiger partial charge < -0.3 is 4.74 Å². The fraction of sp³-hybridized carbons (Fsp3) is 0.480. The predicted molar refractivity (Wildman–Crippen MR) is 112 cm³/mol. The second kappa shape index (κ2) is 9.86. The highest BCUT2D eigenvalue weighted by Gasteiger charge is 2.22. The van der Waals surface area contributed by atoms with E-state index in [1.54, 1.807) is 37.3 Å². The molecule has 3 heteroatoms. The summed E-state index contributed by atoms with van der Waals surface area (Å²) in [5.41, 5.74) is 2.97. The first kappa shape index (κ1) is 20.6. The Morgan fingerprint density at radius 1 is 1.04 bits per heavy atom. The lowest BCUT2D eigenvalue weighted by Gasteiger charge is -2.29. The molecule has 2 aromatic carbocycles. The molecule has 28 heavy (non-hydrogen) atoms. The summed E-state index contributed by atoms with van der Waals surface area (Å²) in [5, 5.41) is 0. The van der Waals surface area contributed by atoms with Crippen molar-refractivity contribution in [2.24, 2.45) is 5.92 Å². The van der Waals surface area contributed by atoms with Gasteiger partial charge in [-0.3, -0.25) is 0 Å². The molecule has 0 spiro atoms. The molecule has 2 nitrogen and oxygen atoms in total. The number of carbonyl (C=O) groups is 1. The first-order valence-electron chi connectivity index (χ1n) is 10.7. The highest BCUT2D eigenvalue weighted by molar-refractivity contribution is 5.90. The molecule has 1 aliphatic rings. The molecule has 0 bridgehead atoms. The van der Waals surface area contributed by atoms with Crippen molar-refractivity contribution < 1.29 is 13.9 Å². The average Bonchev–Trinajstić information content (AvgIpc) is 2.73. The lowest BCUT2D eigenvalue weighted by atomic mass is 9.77. The molecule has 0 unspecified atom stereocenters. The van der Waals surface area contributed by atoms with Crippen LogP contribution in [0, 0.1) is 11.7 Å². The number of carbonyl (C=O) groups excluding carboxylic acids is 1.